The molecule has 0 spiro atoms. The standard InChI is InChI=1S/C18H29NO2/c1-18(2,10-11-20)14-19-13-15-6-5-9-17(12-15)21-16-7-3-4-8-16/h5-6,9,12,16,19-20H,3-4,7-8,10-11,13-14H2,1-2H3. The Bertz CT molecular complexity index is 425. The average molecular weight is 291 g/mol. The quantitative estimate of drug-likeness (QED) is 0.770. The zero-order chi connectivity index (χ0) is 15.1. The van der Waals surface area contributed by atoms with Crippen molar-refractivity contribution in [2.75, 3.05) is 13.2 Å². The van der Waals surface area contributed by atoms with Crippen LogP contribution in [0.4, 0.5) is 0 Å². The highest BCUT2D eigenvalue weighted by atomic mass is 16.5. The SMILES string of the molecule is CC(C)(CCO)CNCc1cccc(OC2CCCC2)c1. The first kappa shape index (κ1) is 16.3. The van der Waals surface area contributed by atoms with E-state index in [2.05, 4.69) is 43.4 Å². The van der Waals surface area contributed by atoms with Gasteiger partial charge in [0.05, 0.1) is 6.10 Å². The van der Waals surface area contributed by atoms with Gasteiger partial charge in [-0.25, -0.2) is 0 Å². The molecule has 1 aromatic carbocycles. The second-order valence-corrected chi connectivity index (χ2v) is 6.91. The van der Waals surface area contributed by atoms with Crippen LogP contribution in [0.3, 0.4) is 0 Å². The average Bonchev–Trinajstić information content (AvgIpc) is 2.92. The summed E-state index contributed by atoms with van der Waals surface area (Å²) in [4.78, 5) is 0. The lowest BCUT2D eigenvalue weighted by Crippen LogP contribution is -2.29. The highest BCUT2D eigenvalue weighted by Gasteiger charge is 2.17. The fourth-order valence-electron chi connectivity index (χ4n) is 2.86. The monoisotopic (exact) mass is 291 g/mol. The molecule has 2 rings (SSSR count). The Morgan fingerprint density at radius 2 is 2.05 bits per heavy atom. The van der Waals surface area contributed by atoms with Crippen LogP contribution in [-0.2, 0) is 6.54 Å². The lowest BCUT2D eigenvalue weighted by Gasteiger charge is -2.24. The number of benzene rings is 1. The molecule has 0 bridgehead atoms. The van der Waals surface area contributed by atoms with Crippen molar-refractivity contribution in [2.45, 2.75) is 58.6 Å². The maximum absolute atomic E-state index is 9.05. The number of nitrogens with one attached hydrogen (secondary N) is 1. The van der Waals surface area contributed by atoms with Crippen molar-refractivity contribution in [1.82, 2.24) is 5.32 Å². The van der Waals surface area contributed by atoms with Crippen molar-refractivity contribution in [3.05, 3.63) is 29.8 Å². The molecule has 0 radical (unpaired) electrons. The van der Waals surface area contributed by atoms with E-state index in [0.717, 1.165) is 25.3 Å². The molecular weight excluding hydrogens is 262 g/mol. The van der Waals surface area contributed by atoms with Crippen molar-refractivity contribution in [1.29, 1.82) is 0 Å². The van der Waals surface area contributed by atoms with Crippen molar-refractivity contribution in [3.8, 4) is 5.75 Å². The number of hydrogen-bond donors (Lipinski definition) is 2. The molecule has 0 aromatic heterocycles. The zero-order valence-corrected chi connectivity index (χ0v) is 13.4. The van der Waals surface area contributed by atoms with E-state index in [-0.39, 0.29) is 12.0 Å². The van der Waals surface area contributed by atoms with Gasteiger partial charge in [-0.3, -0.25) is 0 Å². The summed E-state index contributed by atoms with van der Waals surface area (Å²) in [6.45, 7) is 6.35. The van der Waals surface area contributed by atoms with Crippen LogP contribution in [0.15, 0.2) is 24.3 Å². The van der Waals surface area contributed by atoms with Crippen LogP contribution in [0, 0.1) is 5.41 Å². The van der Waals surface area contributed by atoms with Gasteiger partial charge in [0.25, 0.3) is 0 Å². The maximum atomic E-state index is 9.05. The Morgan fingerprint density at radius 1 is 1.29 bits per heavy atom. The number of aliphatic hydroxyl groups excluding tert-OH is 1. The lowest BCUT2D eigenvalue weighted by molar-refractivity contribution is 0.206. The number of hydrogen-bond acceptors (Lipinski definition) is 3. The van der Waals surface area contributed by atoms with Gasteiger partial charge in [-0.05, 0) is 55.2 Å². The van der Waals surface area contributed by atoms with Crippen LogP contribution >= 0.6 is 0 Å². The van der Waals surface area contributed by atoms with Crippen LogP contribution in [-0.4, -0.2) is 24.4 Å². The van der Waals surface area contributed by atoms with Crippen molar-refractivity contribution in [3.63, 3.8) is 0 Å². The Morgan fingerprint density at radius 3 is 2.76 bits per heavy atom. The molecule has 0 heterocycles. The van der Waals surface area contributed by atoms with Gasteiger partial charge >= 0.3 is 0 Å². The predicted molar refractivity (Wildman–Crippen MR) is 86.5 cm³/mol. The molecule has 0 amide bonds. The maximum Gasteiger partial charge on any atom is 0.120 e. The summed E-state index contributed by atoms with van der Waals surface area (Å²) < 4.78 is 6.04. The first-order chi connectivity index (χ1) is 10.1. The van der Waals surface area contributed by atoms with E-state index in [1.165, 1.54) is 31.2 Å². The molecule has 21 heavy (non-hydrogen) atoms. The van der Waals surface area contributed by atoms with E-state index in [9.17, 15) is 0 Å². The molecule has 1 aromatic rings. The highest BCUT2D eigenvalue weighted by molar-refractivity contribution is 5.28. The number of aliphatic hydroxyl groups is 1. The fraction of sp³-hybridized carbons (Fsp3) is 0.667. The van der Waals surface area contributed by atoms with Gasteiger partial charge in [-0.2, -0.15) is 0 Å². The molecule has 3 heteroatoms. The molecular formula is C18H29NO2. The van der Waals surface area contributed by atoms with Crippen LogP contribution in [0.2, 0.25) is 0 Å². The lowest BCUT2D eigenvalue weighted by atomic mass is 9.90. The normalized spacial score (nSPS) is 16.3. The molecule has 1 fully saturated rings. The van der Waals surface area contributed by atoms with Gasteiger partial charge in [-0.1, -0.05) is 26.0 Å². The van der Waals surface area contributed by atoms with E-state index in [4.69, 9.17) is 9.84 Å². The summed E-state index contributed by atoms with van der Waals surface area (Å²) >= 11 is 0. The second-order valence-electron chi connectivity index (χ2n) is 6.91. The first-order valence-corrected chi connectivity index (χ1v) is 8.16. The fourth-order valence-corrected chi connectivity index (χ4v) is 2.86. The number of ether oxygens (including phenoxy) is 1. The van der Waals surface area contributed by atoms with Gasteiger partial charge in [0, 0.05) is 19.7 Å². The Hall–Kier alpha value is -1.06. The smallest absolute Gasteiger partial charge is 0.120 e. The third-order valence-electron chi connectivity index (χ3n) is 4.22. The minimum Gasteiger partial charge on any atom is -0.490 e. The molecule has 1 aliphatic rings. The molecule has 3 nitrogen and oxygen atoms in total. The van der Waals surface area contributed by atoms with Gasteiger partial charge in [0.1, 0.15) is 5.75 Å². The van der Waals surface area contributed by atoms with Crippen LogP contribution in [0.1, 0.15) is 51.5 Å². The summed E-state index contributed by atoms with van der Waals surface area (Å²) in [6.07, 6.45) is 6.22. The summed E-state index contributed by atoms with van der Waals surface area (Å²) in [7, 11) is 0. The van der Waals surface area contributed by atoms with E-state index < -0.39 is 0 Å². The Kier molecular flexibility index (Phi) is 6.07. The van der Waals surface area contributed by atoms with Gasteiger partial charge in [-0.15, -0.1) is 0 Å². The van der Waals surface area contributed by atoms with Gasteiger partial charge in [0.2, 0.25) is 0 Å². The topological polar surface area (TPSA) is 41.5 Å². The van der Waals surface area contributed by atoms with Crippen molar-refractivity contribution in [2.24, 2.45) is 5.41 Å². The minimum atomic E-state index is 0.132. The van der Waals surface area contributed by atoms with Crippen molar-refractivity contribution < 1.29 is 9.84 Å². The van der Waals surface area contributed by atoms with Crippen LogP contribution < -0.4 is 10.1 Å². The molecule has 0 saturated heterocycles. The van der Waals surface area contributed by atoms with Gasteiger partial charge in [0.15, 0.2) is 0 Å². The molecule has 118 valence electrons. The van der Waals surface area contributed by atoms with E-state index in [1.807, 2.05) is 0 Å². The van der Waals surface area contributed by atoms with E-state index in [0.29, 0.717) is 6.10 Å². The minimum absolute atomic E-state index is 0.132. The Balaban J connectivity index is 1.80. The summed E-state index contributed by atoms with van der Waals surface area (Å²) in [5.74, 6) is 0.996. The number of rotatable bonds is 8. The van der Waals surface area contributed by atoms with Crippen LogP contribution in [0.25, 0.3) is 0 Å². The zero-order valence-electron chi connectivity index (χ0n) is 13.4. The van der Waals surface area contributed by atoms with Crippen molar-refractivity contribution >= 4 is 0 Å². The van der Waals surface area contributed by atoms with Gasteiger partial charge < -0.3 is 15.2 Å². The Labute approximate surface area is 128 Å². The van der Waals surface area contributed by atoms with Crippen LogP contribution in [0.5, 0.6) is 5.75 Å². The molecule has 0 atom stereocenters. The first-order valence-electron chi connectivity index (χ1n) is 8.16. The molecule has 1 saturated carbocycles. The largest absolute Gasteiger partial charge is 0.490 e. The highest BCUT2D eigenvalue weighted by Crippen LogP contribution is 2.24. The van der Waals surface area contributed by atoms with E-state index >= 15 is 0 Å². The third kappa shape index (κ3) is 5.68. The van der Waals surface area contributed by atoms with E-state index in [1.54, 1.807) is 0 Å². The molecule has 2 N–H and O–H groups in total. The molecule has 0 aliphatic heterocycles. The second kappa shape index (κ2) is 7.81. The molecule has 1 aliphatic carbocycles. The summed E-state index contributed by atoms with van der Waals surface area (Å²) in [5.41, 5.74) is 1.39. The summed E-state index contributed by atoms with van der Waals surface area (Å²) in [5, 5.41) is 12.5. The third-order valence-corrected chi connectivity index (χ3v) is 4.22. The predicted octanol–water partition coefficient (Wildman–Crippen LogP) is 3.51. The molecule has 0 unspecified atom stereocenters. The summed E-state index contributed by atoms with van der Waals surface area (Å²) in [6, 6.07) is 8.40.